The predicted octanol–water partition coefficient (Wildman–Crippen LogP) is 6.69. The van der Waals surface area contributed by atoms with Crippen LogP contribution in [0.15, 0.2) is 54.6 Å². The van der Waals surface area contributed by atoms with Gasteiger partial charge in [-0.15, -0.1) is 0 Å². The van der Waals surface area contributed by atoms with Gasteiger partial charge in [0.25, 0.3) is 0 Å². The number of hydrogen-bond acceptors (Lipinski definition) is 5. The van der Waals surface area contributed by atoms with E-state index in [1.807, 2.05) is 30.3 Å². The summed E-state index contributed by atoms with van der Waals surface area (Å²) in [5, 5.41) is 13.1. The number of alkyl halides is 3. The van der Waals surface area contributed by atoms with Crippen LogP contribution in [0.3, 0.4) is 0 Å². The van der Waals surface area contributed by atoms with E-state index < -0.39 is 35.9 Å². The van der Waals surface area contributed by atoms with E-state index >= 15 is 0 Å². The molecule has 0 heterocycles. The van der Waals surface area contributed by atoms with Gasteiger partial charge in [0.15, 0.2) is 0 Å². The average molecular weight is 552 g/mol. The lowest BCUT2D eigenvalue weighted by Crippen LogP contribution is -2.41. The number of esters is 1. The lowest BCUT2D eigenvalue weighted by atomic mass is 9.77. The summed E-state index contributed by atoms with van der Waals surface area (Å²) in [6, 6.07) is 13.4. The van der Waals surface area contributed by atoms with E-state index in [-0.39, 0.29) is 24.9 Å². The Balaban J connectivity index is 2.06. The summed E-state index contributed by atoms with van der Waals surface area (Å²) in [5.41, 5.74) is 0.860. The monoisotopic (exact) mass is 551 g/mol. The molecule has 216 valence electrons. The molecule has 0 aliphatic rings. The smallest absolute Gasteiger partial charge is 0.416 e. The molecule has 0 unspecified atom stereocenters. The summed E-state index contributed by atoms with van der Waals surface area (Å²) in [4.78, 5) is 24.7. The maximum Gasteiger partial charge on any atom is 0.416 e. The fourth-order valence-corrected chi connectivity index (χ4v) is 4.79. The summed E-state index contributed by atoms with van der Waals surface area (Å²) in [6.07, 6.45) is -1.17. The Labute approximate surface area is 228 Å². The van der Waals surface area contributed by atoms with Crippen molar-refractivity contribution in [3.8, 4) is 0 Å². The number of aliphatic hydroxyl groups excluding tert-OH is 1. The first-order valence-corrected chi connectivity index (χ1v) is 13.4. The molecule has 2 rings (SSSR count). The molecule has 2 aromatic carbocycles. The minimum atomic E-state index is -4.40. The summed E-state index contributed by atoms with van der Waals surface area (Å²) >= 11 is 0. The van der Waals surface area contributed by atoms with Gasteiger partial charge < -0.3 is 19.9 Å². The van der Waals surface area contributed by atoms with Crippen molar-refractivity contribution in [2.75, 3.05) is 7.11 Å². The molecule has 0 saturated carbocycles. The van der Waals surface area contributed by atoms with Crippen LogP contribution in [0.5, 0.6) is 0 Å². The highest BCUT2D eigenvalue weighted by atomic mass is 19.4. The second-order valence-electron chi connectivity index (χ2n) is 9.92. The zero-order chi connectivity index (χ0) is 28.8. The Morgan fingerprint density at radius 3 is 2.18 bits per heavy atom. The molecular weight excluding hydrogens is 511 g/mol. The Bertz CT molecular complexity index is 996. The molecule has 0 aliphatic heterocycles. The average Bonchev–Trinajstić information content (AvgIpc) is 2.91. The molecule has 39 heavy (non-hydrogen) atoms. The van der Waals surface area contributed by atoms with E-state index in [9.17, 15) is 27.9 Å². The van der Waals surface area contributed by atoms with Crippen LogP contribution in [0.4, 0.5) is 18.0 Å². The van der Waals surface area contributed by atoms with Gasteiger partial charge in [-0.2, -0.15) is 13.2 Å². The standard InChI is InChI=1S/C30H40F3NO5/c1-4-5-13-26(21(2)35)24(19-22-15-17-25(18-16-22)30(31,32)33)12-9-14-27(28(36)38-3)34-29(37)39-20-23-10-7-6-8-11-23/h6-8,10-11,15-18,21,24,26-27,35H,4-5,9,12-14,19-20H2,1-3H3,(H,34,37)/t21-,24+,26-,27-/m0/s1. The Kier molecular flexibility index (Phi) is 13.3. The number of unbranched alkanes of at least 4 members (excludes halogenated alkanes) is 1. The minimum absolute atomic E-state index is 0.0309. The highest BCUT2D eigenvalue weighted by Crippen LogP contribution is 2.33. The van der Waals surface area contributed by atoms with Crippen LogP contribution < -0.4 is 5.32 Å². The van der Waals surface area contributed by atoms with Gasteiger partial charge in [0.1, 0.15) is 12.6 Å². The van der Waals surface area contributed by atoms with Crippen molar-refractivity contribution in [3.05, 3.63) is 71.3 Å². The third-order valence-corrected chi connectivity index (χ3v) is 6.95. The van der Waals surface area contributed by atoms with Crippen molar-refractivity contribution in [1.82, 2.24) is 5.32 Å². The number of rotatable bonds is 15. The van der Waals surface area contributed by atoms with Crippen LogP contribution in [-0.2, 0) is 33.5 Å². The number of benzene rings is 2. The van der Waals surface area contributed by atoms with Crippen LogP contribution in [0, 0.1) is 11.8 Å². The zero-order valence-electron chi connectivity index (χ0n) is 22.9. The zero-order valence-corrected chi connectivity index (χ0v) is 22.9. The van der Waals surface area contributed by atoms with Crippen molar-refractivity contribution < 1.29 is 37.3 Å². The molecule has 2 N–H and O–H groups in total. The van der Waals surface area contributed by atoms with Gasteiger partial charge in [0.2, 0.25) is 0 Å². The number of halogens is 3. The number of nitrogens with one attached hydrogen (secondary N) is 1. The normalized spacial score (nSPS) is 14.6. The van der Waals surface area contributed by atoms with Crippen molar-refractivity contribution in [3.63, 3.8) is 0 Å². The van der Waals surface area contributed by atoms with Gasteiger partial charge in [-0.1, -0.05) is 68.7 Å². The molecule has 2 aromatic rings. The van der Waals surface area contributed by atoms with Gasteiger partial charge >= 0.3 is 18.2 Å². The van der Waals surface area contributed by atoms with E-state index in [1.54, 1.807) is 6.92 Å². The van der Waals surface area contributed by atoms with E-state index in [0.717, 1.165) is 42.5 Å². The van der Waals surface area contributed by atoms with E-state index in [2.05, 4.69) is 12.2 Å². The van der Waals surface area contributed by atoms with Gasteiger partial charge in [-0.25, -0.2) is 9.59 Å². The molecule has 9 heteroatoms. The molecule has 0 bridgehead atoms. The van der Waals surface area contributed by atoms with E-state index in [4.69, 9.17) is 9.47 Å². The molecule has 6 nitrogen and oxygen atoms in total. The molecule has 0 aliphatic carbocycles. The second-order valence-corrected chi connectivity index (χ2v) is 9.92. The number of alkyl carbamates (subject to hydrolysis) is 1. The third-order valence-electron chi connectivity index (χ3n) is 6.95. The number of carbonyl (C=O) groups excluding carboxylic acids is 2. The first-order valence-electron chi connectivity index (χ1n) is 13.4. The topological polar surface area (TPSA) is 84.9 Å². The molecular formula is C30H40F3NO5. The van der Waals surface area contributed by atoms with Crippen LogP contribution in [-0.4, -0.2) is 36.4 Å². The minimum Gasteiger partial charge on any atom is -0.467 e. The Morgan fingerprint density at radius 1 is 0.949 bits per heavy atom. The second kappa shape index (κ2) is 16.1. The molecule has 0 spiro atoms. The number of carbonyl (C=O) groups is 2. The highest BCUT2D eigenvalue weighted by Gasteiger charge is 2.31. The van der Waals surface area contributed by atoms with Gasteiger partial charge in [0.05, 0.1) is 18.8 Å². The number of aliphatic hydroxyl groups is 1. The van der Waals surface area contributed by atoms with Crippen molar-refractivity contribution in [2.45, 2.75) is 83.7 Å². The lowest BCUT2D eigenvalue weighted by Gasteiger charge is -2.30. The fraction of sp³-hybridized carbons (Fsp3) is 0.533. The van der Waals surface area contributed by atoms with Crippen LogP contribution in [0.1, 0.15) is 69.1 Å². The number of hydrogen-bond donors (Lipinski definition) is 2. The Morgan fingerprint density at radius 2 is 1.62 bits per heavy atom. The summed E-state index contributed by atoms with van der Waals surface area (Å²) < 4.78 is 49.1. The van der Waals surface area contributed by atoms with Gasteiger partial charge in [-0.05, 0) is 67.7 Å². The van der Waals surface area contributed by atoms with E-state index in [0.29, 0.717) is 19.3 Å². The molecule has 4 atom stereocenters. The third kappa shape index (κ3) is 11.3. The SMILES string of the molecule is CCCC[C@H]([C@H](CCC[C@H](NC(=O)OCc1ccccc1)C(=O)OC)Cc1ccc(C(F)(F)F)cc1)[C@H](C)O. The number of methoxy groups -OCH3 is 1. The fourth-order valence-electron chi connectivity index (χ4n) is 4.79. The summed E-state index contributed by atoms with van der Waals surface area (Å²) in [5.74, 6) is -0.687. The lowest BCUT2D eigenvalue weighted by molar-refractivity contribution is -0.143. The quantitative estimate of drug-likeness (QED) is 0.241. The molecule has 1 amide bonds. The predicted molar refractivity (Wildman–Crippen MR) is 143 cm³/mol. The molecule has 0 saturated heterocycles. The number of ether oxygens (including phenoxy) is 2. The maximum atomic E-state index is 13.0. The Hall–Kier alpha value is -3.07. The number of amides is 1. The first kappa shape index (κ1) is 32.1. The summed E-state index contributed by atoms with van der Waals surface area (Å²) in [7, 11) is 1.24. The van der Waals surface area contributed by atoms with Crippen molar-refractivity contribution >= 4 is 12.1 Å². The van der Waals surface area contributed by atoms with Crippen molar-refractivity contribution in [1.29, 1.82) is 0 Å². The van der Waals surface area contributed by atoms with E-state index in [1.165, 1.54) is 19.2 Å². The van der Waals surface area contributed by atoms with Crippen LogP contribution in [0.25, 0.3) is 0 Å². The molecule has 0 radical (unpaired) electrons. The largest absolute Gasteiger partial charge is 0.467 e. The van der Waals surface area contributed by atoms with Crippen molar-refractivity contribution in [2.24, 2.45) is 11.8 Å². The molecule has 0 fully saturated rings. The van der Waals surface area contributed by atoms with Crippen LogP contribution in [0.2, 0.25) is 0 Å². The van der Waals surface area contributed by atoms with Gasteiger partial charge in [0, 0.05) is 0 Å². The summed E-state index contributed by atoms with van der Waals surface area (Å²) in [6.45, 7) is 3.86. The van der Waals surface area contributed by atoms with Crippen LogP contribution >= 0.6 is 0 Å². The molecule has 0 aromatic heterocycles. The first-order chi connectivity index (χ1) is 18.5. The maximum absolute atomic E-state index is 13.0. The highest BCUT2D eigenvalue weighted by molar-refractivity contribution is 5.81. The van der Waals surface area contributed by atoms with Gasteiger partial charge in [-0.3, -0.25) is 0 Å².